The molecule has 0 spiro atoms. The maximum atomic E-state index is 9.52. The fourth-order valence-corrected chi connectivity index (χ4v) is 1.18. The van der Waals surface area contributed by atoms with Crippen LogP contribution in [0.15, 0.2) is 12.1 Å². The van der Waals surface area contributed by atoms with Gasteiger partial charge in [-0.25, -0.2) is 0 Å². The fourth-order valence-electron chi connectivity index (χ4n) is 1.18. The molecule has 4 nitrogen and oxygen atoms in total. The number of aromatic hydroxyl groups is 1. The van der Waals surface area contributed by atoms with Gasteiger partial charge in [-0.05, 0) is 12.1 Å². The molecular weight excluding hydrogens is 196 g/mol. The molecule has 0 aliphatic rings. The maximum absolute atomic E-state index is 9.52. The van der Waals surface area contributed by atoms with Crippen LogP contribution in [0.3, 0.4) is 0 Å². The van der Waals surface area contributed by atoms with Crippen molar-refractivity contribution >= 4 is 0 Å². The number of phenols is 1. The average molecular weight is 208 g/mol. The lowest BCUT2D eigenvalue weighted by atomic mass is 10.1. The van der Waals surface area contributed by atoms with E-state index in [2.05, 4.69) is 5.92 Å². The first-order chi connectivity index (χ1) is 7.22. The third-order valence-corrected chi connectivity index (χ3v) is 1.90. The van der Waals surface area contributed by atoms with Crippen LogP contribution in [0.2, 0.25) is 0 Å². The van der Waals surface area contributed by atoms with Crippen LogP contribution in [0, 0.1) is 12.3 Å². The molecule has 0 saturated heterocycles. The number of benzene rings is 1. The van der Waals surface area contributed by atoms with Gasteiger partial charge in [-0.15, -0.1) is 6.42 Å². The van der Waals surface area contributed by atoms with Gasteiger partial charge in [-0.1, -0.05) is 5.92 Å². The van der Waals surface area contributed by atoms with Crippen LogP contribution in [-0.2, 0) is 13.2 Å². The maximum Gasteiger partial charge on any atom is 0.148 e. The van der Waals surface area contributed by atoms with Gasteiger partial charge < -0.3 is 20.1 Å². The highest BCUT2D eigenvalue weighted by Gasteiger charge is 2.09. The molecule has 0 bridgehead atoms. The molecule has 0 amide bonds. The van der Waals surface area contributed by atoms with Gasteiger partial charge in [0.05, 0.1) is 13.2 Å². The summed E-state index contributed by atoms with van der Waals surface area (Å²) in [6, 6.07) is 2.96. The molecule has 0 unspecified atom stereocenters. The van der Waals surface area contributed by atoms with Gasteiger partial charge in [0.1, 0.15) is 18.1 Å². The van der Waals surface area contributed by atoms with Crippen LogP contribution in [0.4, 0.5) is 0 Å². The van der Waals surface area contributed by atoms with Crippen molar-refractivity contribution in [3.05, 3.63) is 23.3 Å². The molecule has 0 atom stereocenters. The molecule has 1 aromatic carbocycles. The Balaban J connectivity index is 3.04. The topological polar surface area (TPSA) is 69.9 Å². The highest BCUT2D eigenvalue weighted by Crippen LogP contribution is 2.28. The van der Waals surface area contributed by atoms with Gasteiger partial charge in [0.15, 0.2) is 0 Å². The second-order valence-corrected chi connectivity index (χ2v) is 2.90. The first-order valence-corrected chi connectivity index (χ1v) is 4.35. The van der Waals surface area contributed by atoms with Crippen LogP contribution < -0.4 is 4.74 Å². The van der Waals surface area contributed by atoms with Crippen molar-refractivity contribution in [3.8, 4) is 23.8 Å². The molecule has 3 N–H and O–H groups in total. The van der Waals surface area contributed by atoms with Crippen LogP contribution in [0.5, 0.6) is 11.5 Å². The van der Waals surface area contributed by atoms with E-state index in [-0.39, 0.29) is 25.6 Å². The Bertz CT molecular complexity index is 354. The second-order valence-electron chi connectivity index (χ2n) is 2.90. The minimum absolute atomic E-state index is 0.0977. The van der Waals surface area contributed by atoms with Crippen molar-refractivity contribution < 1.29 is 20.1 Å². The first kappa shape index (κ1) is 11.4. The summed E-state index contributed by atoms with van der Waals surface area (Å²) in [7, 11) is 0. The molecule has 0 saturated carbocycles. The van der Waals surface area contributed by atoms with Crippen LogP contribution in [0.1, 0.15) is 11.1 Å². The minimum atomic E-state index is -0.327. The normalized spacial score (nSPS) is 9.67. The lowest BCUT2D eigenvalue weighted by Gasteiger charge is -2.10. The number of ether oxygens (including phenoxy) is 1. The van der Waals surface area contributed by atoms with E-state index in [4.69, 9.17) is 21.4 Å². The molecule has 0 aliphatic heterocycles. The monoisotopic (exact) mass is 208 g/mol. The van der Waals surface area contributed by atoms with Crippen LogP contribution >= 0.6 is 0 Å². The van der Waals surface area contributed by atoms with Crippen molar-refractivity contribution in [2.45, 2.75) is 13.2 Å². The van der Waals surface area contributed by atoms with Crippen LogP contribution in [-0.4, -0.2) is 21.9 Å². The molecule has 0 aromatic heterocycles. The van der Waals surface area contributed by atoms with Gasteiger partial charge in [-0.3, -0.25) is 0 Å². The lowest BCUT2D eigenvalue weighted by molar-refractivity contribution is 0.261. The standard InChI is InChI=1S/C11H12O4/c1-2-3-15-10-4-8(6-12)11(14)9(5-10)7-13/h1,4-5,12-14H,3,6-7H2. The Labute approximate surface area is 87.8 Å². The summed E-state index contributed by atoms with van der Waals surface area (Å²) in [5.41, 5.74) is 0.599. The van der Waals surface area contributed by atoms with Crippen molar-refractivity contribution in [1.82, 2.24) is 0 Å². The number of aliphatic hydroxyl groups is 2. The molecule has 1 rings (SSSR count). The van der Waals surface area contributed by atoms with Gasteiger partial charge in [0.2, 0.25) is 0 Å². The number of aliphatic hydroxyl groups excluding tert-OH is 2. The zero-order valence-electron chi connectivity index (χ0n) is 8.10. The largest absolute Gasteiger partial charge is 0.507 e. The second kappa shape index (κ2) is 5.25. The SMILES string of the molecule is C#CCOc1cc(CO)c(O)c(CO)c1. The van der Waals surface area contributed by atoms with E-state index in [0.29, 0.717) is 16.9 Å². The number of rotatable bonds is 4. The summed E-state index contributed by atoms with van der Waals surface area (Å²) >= 11 is 0. The Hall–Kier alpha value is -1.70. The molecule has 0 fully saturated rings. The Morgan fingerprint density at radius 3 is 2.13 bits per heavy atom. The smallest absolute Gasteiger partial charge is 0.148 e. The van der Waals surface area contributed by atoms with E-state index in [1.807, 2.05) is 0 Å². The van der Waals surface area contributed by atoms with Crippen molar-refractivity contribution in [3.63, 3.8) is 0 Å². The van der Waals surface area contributed by atoms with E-state index in [1.165, 1.54) is 12.1 Å². The third kappa shape index (κ3) is 2.62. The molecule has 0 aliphatic carbocycles. The quantitative estimate of drug-likeness (QED) is 0.626. The predicted octanol–water partition coefficient (Wildman–Crippen LogP) is 0.389. The van der Waals surface area contributed by atoms with E-state index >= 15 is 0 Å². The van der Waals surface area contributed by atoms with Gasteiger partial charge >= 0.3 is 0 Å². The van der Waals surface area contributed by atoms with Crippen molar-refractivity contribution in [2.75, 3.05) is 6.61 Å². The first-order valence-electron chi connectivity index (χ1n) is 4.35. The van der Waals surface area contributed by atoms with E-state index in [9.17, 15) is 5.11 Å². The zero-order chi connectivity index (χ0) is 11.3. The molecule has 0 radical (unpaired) electrons. The summed E-state index contributed by atoms with van der Waals surface area (Å²) in [6.07, 6.45) is 5.02. The number of hydrogen-bond donors (Lipinski definition) is 3. The van der Waals surface area contributed by atoms with E-state index < -0.39 is 0 Å². The van der Waals surface area contributed by atoms with Crippen molar-refractivity contribution in [2.24, 2.45) is 0 Å². The highest BCUT2D eigenvalue weighted by molar-refractivity contribution is 5.45. The minimum Gasteiger partial charge on any atom is -0.507 e. The molecule has 80 valence electrons. The third-order valence-electron chi connectivity index (χ3n) is 1.90. The lowest BCUT2D eigenvalue weighted by Crippen LogP contribution is -1.98. The Morgan fingerprint density at radius 1 is 1.20 bits per heavy atom. The number of hydrogen-bond acceptors (Lipinski definition) is 4. The van der Waals surface area contributed by atoms with E-state index in [1.54, 1.807) is 0 Å². The molecule has 4 heteroatoms. The zero-order valence-corrected chi connectivity index (χ0v) is 8.10. The fraction of sp³-hybridized carbons (Fsp3) is 0.273. The Kier molecular flexibility index (Phi) is 3.98. The van der Waals surface area contributed by atoms with Gasteiger partial charge in [0.25, 0.3) is 0 Å². The summed E-state index contributed by atoms with van der Waals surface area (Å²) in [4.78, 5) is 0. The molecular formula is C11H12O4. The highest BCUT2D eigenvalue weighted by atomic mass is 16.5. The molecule has 15 heavy (non-hydrogen) atoms. The Morgan fingerprint density at radius 2 is 1.73 bits per heavy atom. The summed E-state index contributed by atoms with van der Waals surface area (Å²) in [6.45, 7) is -0.557. The number of terminal acetylenes is 1. The summed E-state index contributed by atoms with van der Waals surface area (Å²) in [5, 5.41) is 27.4. The van der Waals surface area contributed by atoms with Crippen LogP contribution in [0.25, 0.3) is 0 Å². The summed E-state index contributed by atoms with van der Waals surface area (Å²) in [5.74, 6) is 2.59. The van der Waals surface area contributed by atoms with Crippen molar-refractivity contribution in [1.29, 1.82) is 0 Å². The molecule has 1 aromatic rings. The van der Waals surface area contributed by atoms with E-state index in [0.717, 1.165) is 0 Å². The van der Waals surface area contributed by atoms with Gasteiger partial charge in [-0.2, -0.15) is 0 Å². The average Bonchev–Trinajstić information content (AvgIpc) is 2.27. The molecule has 0 heterocycles. The predicted molar refractivity (Wildman–Crippen MR) is 54.3 cm³/mol. The van der Waals surface area contributed by atoms with Gasteiger partial charge in [0, 0.05) is 11.1 Å². The summed E-state index contributed by atoms with van der Waals surface area (Å²) < 4.78 is 5.13.